The molecule has 3 aliphatic rings. The minimum atomic E-state index is -0.542. The molecule has 3 aliphatic carbocycles. The molecule has 7 aromatic rings. The van der Waals surface area contributed by atoms with Crippen molar-refractivity contribution in [1.29, 1.82) is 0 Å². The Hall–Kier alpha value is -5.67. The Balaban J connectivity index is 1.39. The molecule has 1 spiro atoms. The van der Waals surface area contributed by atoms with E-state index in [4.69, 9.17) is 15.0 Å². The van der Waals surface area contributed by atoms with Crippen LogP contribution in [0.15, 0.2) is 127 Å². The molecule has 0 aliphatic heterocycles. The second-order valence-electron chi connectivity index (χ2n) is 20.4. The van der Waals surface area contributed by atoms with Crippen molar-refractivity contribution < 1.29 is 0 Å². The number of rotatable bonds is 3. The fraction of sp³-hybridized carbons (Fsp3) is 0.291. The van der Waals surface area contributed by atoms with Crippen LogP contribution in [0.25, 0.3) is 56.4 Å². The van der Waals surface area contributed by atoms with Gasteiger partial charge in [-0.15, -0.1) is 0 Å². The van der Waals surface area contributed by atoms with Crippen molar-refractivity contribution in [3.05, 3.63) is 172 Å². The molecule has 0 amide bonds. The number of hydrogen-bond donors (Lipinski definition) is 0. The topological polar surface area (TPSA) is 38.7 Å². The van der Waals surface area contributed by atoms with Crippen LogP contribution in [0.1, 0.15) is 120 Å². The summed E-state index contributed by atoms with van der Waals surface area (Å²) in [5, 5.41) is 0. The highest BCUT2D eigenvalue weighted by Gasteiger charge is 2.56. The number of aromatic nitrogens is 3. The van der Waals surface area contributed by atoms with Crippen LogP contribution in [0.4, 0.5) is 0 Å². The normalized spacial score (nSPS) is 16.4. The average Bonchev–Trinajstić information content (AvgIpc) is 3.64. The van der Waals surface area contributed by atoms with Crippen molar-refractivity contribution in [3.8, 4) is 56.4 Å². The Kier molecular flexibility index (Phi) is 7.70. The average molecular weight is 756 g/mol. The van der Waals surface area contributed by atoms with Crippen LogP contribution in [0, 0.1) is 0 Å². The highest BCUT2D eigenvalue weighted by atomic mass is 15.0. The van der Waals surface area contributed by atoms with Crippen molar-refractivity contribution in [2.24, 2.45) is 0 Å². The number of fused-ring (bicyclic) bond motifs is 7. The lowest BCUT2D eigenvalue weighted by Gasteiger charge is -2.37. The molecule has 3 heteroatoms. The first-order valence-corrected chi connectivity index (χ1v) is 21.0. The van der Waals surface area contributed by atoms with Crippen LogP contribution < -0.4 is 0 Å². The Morgan fingerprint density at radius 3 is 1.36 bits per heavy atom. The third kappa shape index (κ3) is 5.21. The van der Waals surface area contributed by atoms with Gasteiger partial charge in [-0.3, -0.25) is 0 Å². The summed E-state index contributed by atoms with van der Waals surface area (Å²) < 4.78 is 0. The maximum absolute atomic E-state index is 5.40. The van der Waals surface area contributed by atoms with E-state index in [2.05, 4.69) is 184 Å². The van der Waals surface area contributed by atoms with Crippen LogP contribution in [0.3, 0.4) is 0 Å². The molecule has 0 bridgehead atoms. The standard InChI is InChI=1S/C55H53N3/c1-51(2,3)35-27-28-37-43(30-35)55(41-25-17-23-39-46(41)47-40(24-18-26-42(47)55)54(9,10)32-53(39,7)8)44-31-36(52(4,5)6)29-38(45(37)44)50-57-48(33-19-13-11-14-20-33)56-49(58-50)34-21-15-12-16-22-34/h11-31H,32H2,1-10H3. The largest absolute Gasteiger partial charge is 0.208 e. The first-order valence-electron chi connectivity index (χ1n) is 21.0. The molecule has 3 nitrogen and oxygen atoms in total. The number of nitrogens with zero attached hydrogens (tertiary/aromatic N) is 3. The fourth-order valence-corrected chi connectivity index (χ4v) is 10.9. The zero-order valence-electron chi connectivity index (χ0n) is 35.7. The fourth-order valence-electron chi connectivity index (χ4n) is 10.9. The SMILES string of the molecule is CC(C)(C)c1ccc2c(c1)C1(c3cc(C(C)(C)C)cc(-c4nc(-c5ccccc5)nc(-c5ccccc5)n4)c3-2)c2cccc3c2-c2c(cccc21)C(C)(C)CC3(C)C. The molecule has 0 atom stereocenters. The molecule has 0 radical (unpaired) electrons. The molecule has 0 N–H and O–H groups in total. The van der Waals surface area contributed by atoms with Gasteiger partial charge in [0.05, 0.1) is 5.41 Å². The zero-order valence-corrected chi connectivity index (χ0v) is 35.7. The van der Waals surface area contributed by atoms with Crippen molar-refractivity contribution in [2.45, 2.75) is 103 Å². The smallest absolute Gasteiger partial charge is 0.164 e. The van der Waals surface area contributed by atoms with E-state index in [9.17, 15) is 0 Å². The molecule has 6 aromatic carbocycles. The molecule has 0 unspecified atom stereocenters. The van der Waals surface area contributed by atoms with Gasteiger partial charge < -0.3 is 0 Å². The second-order valence-corrected chi connectivity index (χ2v) is 20.4. The van der Waals surface area contributed by atoms with Gasteiger partial charge in [-0.2, -0.15) is 0 Å². The third-order valence-electron chi connectivity index (χ3n) is 13.4. The molecule has 0 saturated carbocycles. The Bertz CT molecular complexity index is 2690. The lowest BCUT2D eigenvalue weighted by Crippen LogP contribution is -2.31. The highest BCUT2D eigenvalue weighted by molar-refractivity contribution is 6.01. The Morgan fingerprint density at radius 1 is 0.397 bits per heavy atom. The molecule has 10 rings (SSSR count). The Morgan fingerprint density at radius 2 is 0.862 bits per heavy atom. The third-order valence-corrected chi connectivity index (χ3v) is 13.4. The molecule has 0 fully saturated rings. The van der Waals surface area contributed by atoms with Gasteiger partial charge >= 0.3 is 0 Å². The van der Waals surface area contributed by atoms with Gasteiger partial charge in [0.2, 0.25) is 0 Å². The predicted octanol–water partition coefficient (Wildman–Crippen LogP) is 13.8. The monoisotopic (exact) mass is 755 g/mol. The first kappa shape index (κ1) is 36.7. The minimum absolute atomic E-state index is 0.0286. The van der Waals surface area contributed by atoms with Gasteiger partial charge in [0.25, 0.3) is 0 Å². The quantitative estimate of drug-likeness (QED) is 0.180. The van der Waals surface area contributed by atoms with Gasteiger partial charge in [0.1, 0.15) is 0 Å². The van der Waals surface area contributed by atoms with Crippen molar-refractivity contribution in [3.63, 3.8) is 0 Å². The van der Waals surface area contributed by atoms with E-state index in [1.54, 1.807) is 0 Å². The maximum Gasteiger partial charge on any atom is 0.164 e. The second kappa shape index (κ2) is 12.2. The molecular formula is C55H53N3. The summed E-state index contributed by atoms with van der Waals surface area (Å²) in [7, 11) is 0. The van der Waals surface area contributed by atoms with E-state index >= 15 is 0 Å². The molecule has 1 aromatic heterocycles. The van der Waals surface area contributed by atoms with E-state index in [-0.39, 0.29) is 21.7 Å². The molecule has 58 heavy (non-hydrogen) atoms. The van der Waals surface area contributed by atoms with Crippen LogP contribution >= 0.6 is 0 Å². The van der Waals surface area contributed by atoms with E-state index < -0.39 is 5.41 Å². The zero-order chi connectivity index (χ0) is 40.6. The summed E-state index contributed by atoms with van der Waals surface area (Å²) in [5.74, 6) is 2.04. The maximum atomic E-state index is 5.40. The van der Waals surface area contributed by atoms with Crippen molar-refractivity contribution in [1.82, 2.24) is 15.0 Å². The highest BCUT2D eigenvalue weighted by Crippen LogP contribution is 2.68. The van der Waals surface area contributed by atoms with E-state index in [1.807, 2.05) is 12.1 Å². The summed E-state index contributed by atoms with van der Waals surface area (Å²) in [4.78, 5) is 15.9. The lowest BCUT2D eigenvalue weighted by atomic mass is 9.65. The van der Waals surface area contributed by atoms with Crippen molar-refractivity contribution >= 4 is 0 Å². The molecule has 0 saturated heterocycles. The first-order chi connectivity index (χ1) is 27.5. The molecule has 1 heterocycles. The van der Waals surface area contributed by atoms with Gasteiger partial charge in [0.15, 0.2) is 17.5 Å². The van der Waals surface area contributed by atoms with Crippen LogP contribution in [0.5, 0.6) is 0 Å². The van der Waals surface area contributed by atoms with Crippen molar-refractivity contribution in [2.75, 3.05) is 0 Å². The summed E-state index contributed by atoms with van der Waals surface area (Å²) in [6.45, 7) is 23.8. The lowest BCUT2D eigenvalue weighted by molar-refractivity contribution is 0.354. The van der Waals surface area contributed by atoms with Gasteiger partial charge in [-0.25, -0.2) is 15.0 Å². The van der Waals surface area contributed by atoms with Crippen LogP contribution in [-0.2, 0) is 27.1 Å². The predicted molar refractivity (Wildman–Crippen MR) is 241 cm³/mol. The molecular weight excluding hydrogens is 703 g/mol. The summed E-state index contributed by atoms with van der Waals surface area (Å²) in [6.07, 6.45) is 1.08. The summed E-state index contributed by atoms with van der Waals surface area (Å²) in [6, 6.07) is 47.4. The summed E-state index contributed by atoms with van der Waals surface area (Å²) >= 11 is 0. The van der Waals surface area contributed by atoms with E-state index in [1.165, 1.54) is 66.8 Å². The van der Waals surface area contributed by atoms with E-state index in [0.717, 1.165) is 23.1 Å². The Labute approximate surface area is 344 Å². The summed E-state index contributed by atoms with van der Waals surface area (Å²) in [5.41, 5.74) is 18.5. The van der Waals surface area contributed by atoms with Gasteiger partial charge in [-0.1, -0.05) is 191 Å². The van der Waals surface area contributed by atoms with Crippen LogP contribution in [-0.4, -0.2) is 15.0 Å². The van der Waals surface area contributed by atoms with Crippen LogP contribution in [0.2, 0.25) is 0 Å². The number of hydrogen-bond acceptors (Lipinski definition) is 3. The van der Waals surface area contributed by atoms with Gasteiger partial charge in [0, 0.05) is 16.7 Å². The molecule has 288 valence electrons. The van der Waals surface area contributed by atoms with E-state index in [0.29, 0.717) is 17.5 Å². The number of benzene rings is 6. The van der Waals surface area contributed by atoms with Gasteiger partial charge in [-0.05, 0) is 101 Å². The minimum Gasteiger partial charge on any atom is -0.208 e.